The fourth-order valence-corrected chi connectivity index (χ4v) is 5.02. The van der Waals surface area contributed by atoms with Crippen molar-refractivity contribution < 1.29 is 33.7 Å². The summed E-state index contributed by atoms with van der Waals surface area (Å²) in [5, 5.41) is 12.9. The minimum Gasteiger partial charge on any atom is -0.490 e. The number of carbonyl (C=O) groups is 3. The molecule has 9 heteroatoms. The standard InChI is InChI=1S/C25H34N2O7/c28-21-10-9-19(23(29)26-21)27-24(30)18-7-4-8-20(22(18)25(27)31)34-16-15-33-14-13-32-12-11-17-5-2-1-3-6-17/h4,7-8,17,19,24,30H,1-3,5-6,9-16H2,(H,26,28,29). The molecule has 4 rings (SSSR count). The number of fused-ring (bicyclic) bond motifs is 1. The number of benzene rings is 1. The van der Waals surface area contributed by atoms with Crippen LogP contribution in [0, 0.1) is 5.92 Å². The molecule has 1 saturated heterocycles. The number of carbonyl (C=O) groups excluding carboxylic acids is 3. The Balaban J connectivity index is 1.20. The Labute approximate surface area is 199 Å². The molecule has 2 fully saturated rings. The van der Waals surface area contributed by atoms with Crippen LogP contribution in [0.4, 0.5) is 0 Å². The van der Waals surface area contributed by atoms with Crippen molar-refractivity contribution in [1.29, 1.82) is 0 Å². The van der Waals surface area contributed by atoms with E-state index in [1.165, 1.54) is 32.1 Å². The molecule has 2 unspecified atom stereocenters. The van der Waals surface area contributed by atoms with Gasteiger partial charge in [-0.25, -0.2) is 0 Å². The lowest BCUT2D eigenvalue weighted by molar-refractivity contribution is -0.139. The number of hydrogen-bond donors (Lipinski definition) is 2. The van der Waals surface area contributed by atoms with E-state index in [9.17, 15) is 19.5 Å². The van der Waals surface area contributed by atoms with E-state index in [1.54, 1.807) is 18.2 Å². The molecule has 186 valence electrons. The summed E-state index contributed by atoms with van der Waals surface area (Å²) >= 11 is 0. The van der Waals surface area contributed by atoms with Crippen LogP contribution in [0.25, 0.3) is 0 Å². The molecule has 0 spiro atoms. The lowest BCUT2D eigenvalue weighted by Crippen LogP contribution is -2.53. The minimum absolute atomic E-state index is 0.119. The maximum atomic E-state index is 13.1. The summed E-state index contributed by atoms with van der Waals surface area (Å²) in [6.07, 6.45) is 6.86. The van der Waals surface area contributed by atoms with E-state index in [1.807, 2.05) is 0 Å². The Morgan fingerprint density at radius 3 is 2.44 bits per heavy atom. The number of ether oxygens (including phenoxy) is 3. The average molecular weight is 475 g/mol. The molecule has 2 atom stereocenters. The Kier molecular flexibility index (Phi) is 8.53. The van der Waals surface area contributed by atoms with Crippen LogP contribution in [0.1, 0.15) is 73.5 Å². The van der Waals surface area contributed by atoms with E-state index < -0.39 is 24.1 Å². The van der Waals surface area contributed by atoms with Gasteiger partial charge in [0.05, 0.1) is 25.4 Å². The van der Waals surface area contributed by atoms with Crippen molar-refractivity contribution in [2.24, 2.45) is 5.92 Å². The Morgan fingerprint density at radius 1 is 0.941 bits per heavy atom. The summed E-state index contributed by atoms with van der Waals surface area (Å²) in [7, 11) is 0. The summed E-state index contributed by atoms with van der Waals surface area (Å²) in [6, 6.07) is 4.09. The molecule has 9 nitrogen and oxygen atoms in total. The van der Waals surface area contributed by atoms with Crippen LogP contribution in [-0.2, 0) is 19.1 Å². The van der Waals surface area contributed by atoms with E-state index in [0.717, 1.165) is 23.8 Å². The highest BCUT2D eigenvalue weighted by Crippen LogP contribution is 2.39. The number of aliphatic hydroxyl groups is 1. The van der Waals surface area contributed by atoms with Gasteiger partial charge in [0.25, 0.3) is 5.91 Å². The second-order valence-corrected chi connectivity index (χ2v) is 9.14. The molecule has 2 N–H and O–H groups in total. The Bertz CT molecular complexity index is 884. The number of hydrogen-bond acceptors (Lipinski definition) is 7. The first-order chi connectivity index (χ1) is 16.6. The van der Waals surface area contributed by atoms with Crippen LogP contribution in [0.5, 0.6) is 5.75 Å². The third kappa shape index (κ3) is 5.76. The Hall–Kier alpha value is -2.49. The van der Waals surface area contributed by atoms with E-state index in [2.05, 4.69) is 5.32 Å². The van der Waals surface area contributed by atoms with Gasteiger partial charge in [0.15, 0.2) is 6.23 Å². The molecule has 1 aromatic carbocycles. The van der Waals surface area contributed by atoms with Crippen molar-refractivity contribution in [1.82, 2.24) is 10.2 Å². The lowest BCUT2D eigenvalue weighted by Gasteiger charge is -2.31. The predicted molar refractivity (Wildman–Crippen MR) is 122 cm³/mol. The highest BCUT2D eigenvalue weighted by molar-refractivity contribution is 6.06. The highest BCUT2D eigenvalue weighted by Gasteiger charge is 2.45. The number of nitrogens with zero attached hydrogens (tertiary/aromatic N) is 1. The van der Waals surface area contributed by atoms with E-state index in [-0.39, 0.29) is 30.9 Å². The second-order valence-electron chi connectivity index (χ2n) is 9.14. The Morgan fingerprint density at radius 2 is 1.68 bits per heavy atom. The normalized spacial score (nSPS) is 23.2. The zero-order valence-corrected chi connectivity index (χ0v) is 19.5. The number of piperidine rings is 1. The SMILES string of the molecule is O=C1CCC(N2C(=O)c3c(OCCOCCOCCC4CCCCC4)cccc3C2O)C(=O)N1. The molecular weight excluding hydrogens is 440 g/mol. The fraction of sp³-hybridized carbons (Fsp3) is 0.640. The van der Waals surface area contributed by atoms with Gasteiger partial charge in [-0.3, -0.25) is 24.6 Å². The average Bonchev–Trinajstić information content (AvgIpc) is 3.09. The summed E-state index contributed by atoms with van der Waals surface area (Å²) in [5.74, 6) is -0.293. The largest absolute Gasteiger partial charge is 0.490 e. The fourth-order valence-electron chi connectivity index (χ4n) is 5.02. The first-order valence-corrected chi connectivity index (χ1v) is 12.3. The number of imide groups is 1. The van der Waals surface area contributed by atoms with Gasteiger partial charge in [0, 0.05) is 18.6 Å². The maximum Gasteiger partial charge on any atom is 0.261 e. The molecule has 1 saturated carbocycles. The zero-order valence-electron chi connectivity index (χ0n) is 19.5. The smallest absolute Gasteiger partial charge is 0.261 e. The van der Waals surface area contributed by atoms with Crippen molar-refractivity contribution in [2.75, 3.05) is 33.0 Å². The van der Waals surface area contributed by atoms with Crippen LogP contribution in [0.2, 0.25) is 0 Å². The third-order valence-electron chi connectivity index (χ3n) is 6.85. The van der Waals surface area contributed by atoms with E-state index in [4.69, 9.17) is 14.2 Å². The van der Waals surface area contributed by atoms with Gasteiger partial charge in [-0.1, -0.05) is 44.2 Å². The predicted octanol–water partition coefficient (Wildman–Crippen LogP) is 2.32. The van der Waals surface area contributed by atoms with Gasteiger partial charge in [0.1, 0.15) is 18.4 Å². The van der Waals surface area contributed by atoms with Crippen molar-refractivity contribution >= 4 is 17.7 Å². The number of rotatable bonds is 11. The third-order valence-corrected chi connectivity index (χ3v) is 6.85. The van der Waals surface area contributed by atoms with Crippen LogP contribution in [-0.4, -0.2) is 66.8 Å². The minimum atomic E-state index is -1.27. The maximum absolute atomic E-state index is 13.1. The van der Waals surface area contributed by atoms with Crippen molar-refractivity contribution in [3.8, 4) is 5.75 Å². The summed E-state index contributed by atoms with van der Waals surface area (Å²) in [4.78, 5) is 37.9. The van der Waals surface area contributed by atoms with Crippen molar-refractivity contribution in [3.63, 3.8) is 0 Å². The van der Waals surface area contributed by atoms with Crippen LogP contribution in [0.15, 0.2) is 18.2 Å². The molecule has 0 aromatic heterocycles. The molecule has 1 aromatic rings. The van der Waals surface area contributed by atoms with Crippen LogP contribution < -0.4 is 10.1 Å². The van der Waals surface area contributed by atoms with Crippen LogP contribution >= 0.6 is 0 Å². The summed E-state index contributed by atoms with van der Waals surface area (Å²) in [6.45, 7) is 2.36. The van der Waals surface area contributed by atoms with E-state index in [0.29, 0.717) is 31.1 Å². The zero-order chi connectivity index (χ0) is 23.9. The van der Waals surface area contributed by atoms with Crippen molar-refractivity contribution in [3.05, 3.63) is 29.3 Å². The van der Waals surface area contributed by atoms with Crippen molar-refractivity contribution in [2.45, 2.75) is 63.6 Å². The van der Waals surface area contributed by atoms with Gasteiger partial charge in [-0.15, -0.1) is 0 Å². The molecule has 0 bridgehead atoms. The molecule has 2 aliphatic heterocycles. The van der Waals surface area contributed by atoms with Gasteiger partial charge in [-0.2, -0.15) is 0 Å². The molecular formula is C25H34N2O7. The molecule has 2 heterocycles. The quantitative estimate of drug-likeness (QED) is 0.374. The first-order valence-electron chi connectivity index (χ1n) is 12.3. The highest BCUT2D eigenvalue weighted by atomic mass is 16.5. The summed E-state index contributed by atoms with van der Waals surface area (Å²) in [5.41, 5.74) is 0.630. The van der Waals surface area contributed by atoms with E-state index >= 15 is 0 Å². The lowest BCUT2D eigenvalue weighted by atomic mass is 9.87. The molecule has 0 radical (unpaired) electrons. The van der Waals surface area contributed by atoms with Crippen LogP contribution in [0.3, 0.4) is 0 Å². The topological polar surface area (TPSA) is 114 Å². The number of aliphatic hydroxyl groups excluding tert-OH is 1. The number of amides is 3. The van der Waals surface area contributed by atoms with Gasteiger partial charge < -0.3 is 19.3 Å². The van der Waals surface area contributed by atoms with Gasteiger partial charge in [-0.05, 0) is 24.8 Å². The molecule has 1 aliphatic carbocycles. The molecule has 3 aliphatic rings. The van der Waals surface area contributed by atoms with Gasteiger partial charge >= 0.3 is 0 Å². The monoisotopic (exact) mass is 474 g/mol. The second kappa shape index (κ2) is 11.8. The molecule has 3 amide bonds. The first kappa shape index (κ1) is 24.6. The summed E-state index contributed by atoms with van der Waals surface area (Å²) < 4.78 is 17.0. The molecule has 34 heavy (non-hydrogen) atoms. The van der Waals surface area contributed by atoms with Gasteiger partial charge in [0.2, 0.25) is 11.8 Å². The number of nitrogens with one attached hydrogen (secondary N) is 1.